The lowest BCUT2D eigenvalue weighted by Crippen LogP contribution is -2.37. The van der Waals surface area contributed by atoms with Gasteiger partial charge in [0.05, 0.1) is 6.54 Å². The summed E-state index contributed by atoms with van der Waals surface area (Å²) in [6.07, 6.45) is -0.615. The number of nitrogens with zero attached hydrogens (tertiary/aromatic N) is 3. The second kappa shape index (κ2) is 8.03. The third kappa shape index (κ3) is 4.73. The minimum Gasteiger partial charge on any atom is -0.481 e. The standard InChI is InChI=1S/C21H23N3O3/c1-14-8-10-17(11-9-14)20-22-19(27-23-20)13-24(4)21(25)16(3)26-18-7-5-6-15(2)12-18/h5-12,16H,13H2,1-4H3. The van der Waals surface area contributed by atoms with E-state index in [1.807, 2.05) is 62.4 Å². The van der Waals surface area contributed by atoms with Crippen molar-refractivity contribution in [3.8, 4) is 17.1 Å². The normalized spacial score (nSPS) is 11.9. The van der Waals surface area contributed by atoms with E-state index in [1.165, 1.54) is 4.90 Å². The minimum absolute atomic E-state index is 0.161. The van der Waals surface area contributed by atoms with Gasteiger partial charge in [0.2, 0.25) is 11.7 Å². The van der Waals surface area contributed by atoms with E-state index < -0.39 is 6.10 Å². The van der Waals surface area contributed by atoms with Gasteiger partial charge in [0.15, 0.2) is 6.10 Å². The lowest BCUT2D eigenvalue weighted by atomic mass is 10.1. The van der Waals surface area contributed by atoms with Crippen LogP contribution in [0.25, 0.3) is 11.4 Å². The molecular formula is C21H23N3O3. The van der Waals surface area contributed by atoms with Crippen molar-refractivity contribution in [3.05, 3.63) is 65.5 Å². The summed E-state index contributed by atoms with van der Waals surface area (Å²) in [5, 5.41) is 4.00. The Kier molecular flexibility index (Phi) is 5.54. The lowest BCUT2D eigenvalue weighted by molar-refractivity contribution is -0.137. The zero-order chi connectivity index (χ0) is 19.4. The predicted molar refractivity (Wildman–Crippen MR) is 102 cm³/mol. The van der Waals surface area contributed by atoms with Gasteiger partial charge in [-0.2, -0.15) is 4.98 Å². The first-order valence-corrected chi connectivity index (χ1v) is 8.80. The van der Waals surface area contributed by atoms with Crippen LogP contribution in [0.15, 0.2) is 53.1 Å². The molecule has 0 saturated heterocycles. The van der Waals surface area contributed by atoms with Gasteiger partial charge in [-0.1, -0.05) is 47.1 Å². The summed E-state index contributed by atoms with van der Waals surface area (Å²) in [6.45, 7) is 5.95. The van der Waals surface area contributed by atoms with Gasteiger partial charge >= 0.3 is 0 Å². The van der Waals surface area contributed by atoms with Crippen LogP contribution < -0.4 is 4.74 Å². The molecule has 1 heterocycles. The maximum atomic E-state index is 12.6. The molecule has 27 heavy (non-hydrogen) atoms. The first kappa shape index (κ1) is 18.6. The highest BCUT2D eigenvalue weighted by molar-refractivity contribution is 5.80. The van der Waals surface area contributed by atoms with Gasteiger partial charge < -0.3 is 14.2 Å². The molecule has 0 fully saturated rings. The summed E-state index contributed by atoms with van der Waals surface area (Å²) < 4.78 is 11.0. The molecule has 0 aliphatic heterocycles. The van der Waals surface area contributed by atoms with E-state index in [-0.39, 0.29) is 12.5 Å². The molecule has 0 radical (unpaired) electrons. The number of carbonyl (C=O) groups excluding carboxylic acids is 1. The minimum atomic E-state index is -0.615. The Morgan fingerprint density at radius 3 is 2.59 bits per heavy atom. The van der Waals surface area contributed by atoms with Crippen molar-refractivity contribution in [3.63, 3.8) is 0 Å². The molecule has 3 aromatic rings. The summed E-state index contributed by atoms with van der Waals surface area (Å²) >= 11 is 0. The van der Waals surface area contributed by atoms with E-state index in [2.05, 4.69) is 10.1 Å². The second-order valence-electron chi connectivity index (χ2n) is 6.65. The van der Waals surface area contributed by atoms with Crippen molar-refractivity contribution in [1.29, 1.82) is 0 Å². The summed E-state index contributed by atoms with van der Waals surface area (Å²) in [4.78, 5) is 18.5. The van der Waals surface area contributed by atoms with Crippen molar-refractivity contribution >= 4 is 5.91 Å². The van der Waals surface area contributed by atoms with Crippen molar-refractivity contribution in [2.45, 2.75) is 33.4 Å². The Morgan fingerprint density at radius 2 is 1.89 bits per heavy atom. The van der Waals surface area contributed by atoms with Crippen LogP contribution in [-0.2, 0) is 11.3 Å². The molecule has 0 saturated carbocycles. The third-order valence-corrected chi connectivity index (χ3v) is 4.18. The molecule has 0 aliphatic carbocycles. The number of benzene rings is 2. The maximum Gasteiger partial charge on any atom is 0.263 e. The Balaban J connectivity index is 1.61. The van der Waals surface area contributed by atoms with E-state index in [0.29, 0.717) is 17.5 Å². The average molecular weight is 365 g/mol. The zero-order valence-corrected chi connectivity index (χ0v) is 16.0. The molecule has 1 amide bonds. The molecule has 140 valence electrons. The number of amides is 1. The van der Waals surface area contributed by atoms with Crippen LogP contribution in [0, 0.1) is 13.8 Å². The summed E-state index contributed by atoms with van der Waals surface area (Å²) in [6, 6.07) is 15.5. The van der Waals surface area contributed by atoms with Crippen LogP contribution in [0.1, 0.15) is 23.9 Å². The van der Waals surface area contributed by atoms with Gasteiger partial charge in [-0.3, -0.25) is 4.79 Å². The van der Waals surface area contributed by atoms with Gasteiger partial charge in [0.1, 0.15) is 5.75 Å². The quantitative estimate of drug-likeness (QED) is 0.665. The third-order valence-electron chi connectivity index (χ3n) is 4.18. The molecule has 1 aromatic heterocycles. The number of rotatable bonds is 6. The highest BCUT2D eigenvalue weighted by atomic mass is 16.5. The Bertz CT molecular complexity index is 918. The number of hydrogen-bond donors (Lipinski definition) is 0. The largest absolute Gasteiger partial charge is 0.481 e. The Morgan fingerprint density at radius 1 is 1.15 bits per heavy atom. The van der Waals surface area contributed by atoms with Crippen molar-refractivity contribution in [1.82, 2.24) is 15.0 Å². The molecule has 1 unspecified atom stereocenters. The molecule has 1 atom stereocenters. The van der Waals surface area contributed by atoms with E-state index in [4.69, 9.17) is 9.26 Å². The highest BCUT2D eigenvalue weighted by Crippen LogP contribution is 2.18. The number of likely N-dealkylation sites (N-methyl/N-ethyl adjacent to an activating group) is 1. The Labute approximate surface area is 158 Å². The van der Waals surface area contributed by atoms with Crippen LogP contribution in [0.5, 0.6) is 5.75 Å². The first-order valence-electron chi connectivity index (χ1n) is 8.80. The fourth-order valence-corrected chi connectivity index (χ4v) is 2.67. The van der Waals surface area contributed by atoms with E-state index in [1.54, 1.807) is 14.0 Å². The molecular weight excluding hydrogens is 342 g/mol. The first-order chi connectivity index (χ1) is 12.9. The van der Waals surface area contributed by atoms with E-state index >= 15 is 0 Å². The van der Waals surface area contributed by atoms with Crippen LogP contribution in [0.4, 0.5) is 0 Å². The van der Waals surface area contributed by atoms with Crippen LogP contribution in [0.2, 0.25) is 0 Å². The summed E-state index contributed by atoms with van der Waals surface area (Å²) in [7, 11) is 1.69. The van der Waals surface area contributed by atoms with Gasteiger partial charge in [0.25, 0.3) is 5.91 Å². The van der Waals surface area contributed by atoms with Crippen LogP contribution in [-0.4, -0.2) is 34.1 Å². The molecule has 0 aliphatic rings. The summed E-state index contributed by atoms with van der Waals surface area (Å²) in [5.74, 6) is 1.40. The second-order valence-corrected chi connectivity index (χ2v) is 6.65. The van der Waals surface area contributed by atoms with Gasteiger partial charge in [-0.15, -0.1) is 0 Å². The fourth-order valence-electron chi connectivity index (χ4n) is 2.67. The Hall–Kier alpha value is -3.15. The SMILES string of the molecule is Cc1ccc(-c2noc(CN(C)C(=O)C(C)Oc3cccc(C)c3)n2)cc1. The summed E-state index contributed by atoms with van der Waals surface area (Å²) in [5.41, 5.74) is 3.12. The molecule has 0 spiro atoms. The van der Waals surface area contributed by atoms with Crippen molar-refractivity contribution in [2.24, 2.45) is 0 Å². The number of ether oxygens (including phenoxy) is 1. The van der Waals surface area contributed by atoms with Crippen molar-refractivity contribution < 1.29 is 14.1 Å². The molecule has 3 rings (SSSR count). The van der Waals surface area contributed by atoms with Crippen molar-refractivity contribution in [2.75, 3.05) is 7.05 Å². The van der Waals surface area contributed by atoms with Gasteiger partial charge in [-0.05, 0) is 38.5 Å². The monoisotopic (exact) mass is 365 g/mol. The molecule has 2 aromatic carbocycles. The van der Waals surface area contributed by atoms with E-state index in [0.717, 1.165) is 16.7 Å². The highest BCUT2D eigenvalue weighted by Gasteiger charge is 2.21. The lowest BCUT2D eigenvalue weighted by Gasteiger charge is -2.20. The smallest absolute Gasteiger partial charge is 0.263 e. The number of carbonyl (C=O) groups is 1. The molecule has 0 bridgehead atoms. The number of aromatic nitrogens is 2. The zero-order valence-electron chi connectivity index (χ0n) is 16.0. The van der Waals surface area contributed by atoms with E-state index in [9.17, 15) is 4.79 Å². The molecule has 0 N–H and O–H groups in total. The topological polar surface area (TPSA) is 68.5 Å². The van der Waals surface area contributed by atoms with Gasteiger partial charge in [0, 0.05) is 12.6 Å². The fraction of sp³-hybridized carbons (Fsp3) is 0.286. The number of hydrogen-bond acceptors (Lipinski definition) is 5. The van der Waals surface area contributed by atoms with Gasteiger partial charge in [-0.25, -0.2) is 0 Å². The van der Waals surface area contributed by atoms with Crippen LogP contribution >= 0.6 is 0 Å². The molecule has 6 nitrogen and oxygen atoms in total. The maximum absolute atomic E-state index is 12.6. The predicted octanol–water partition coefficient (Wildman–Crippen LogP) is 3.78. The number of aryl methyl sites for hydroxylation is 2. The van der Waals surface area contributed by atoms with Crippen LogP contribution in [0.3, 0.4) is 0 Å². The molecule has 6 heteroatoms. The average Bonchev–Trinajstić information content (AvgIpc) is 3.10.